The van der Waals surface area contributed by atoms with Crippen LogP contribution >= 0.6 is 0 Å². The first-order valence-electron chi connectivity index (χ1n) is 7.58. The molecule has 5 nitrogen and oxygen atoms in total. The summed E-state index contributed by atoms with van der Waals surface area (Å²) >= 11 is 0. The fourth-order valence-corrected chi connectivity index (χ4v) is 5.69. The van der Waals surface area contributed by atoms with Crippen LogP contribution in [0.5, 0.6) is 0 Å². The summed E-state index contributed by atoms with van der Waals surface area (Å²) in [6.45, 7) is 12.0. The molecule has 1 heterocycles. The maximum absolute atomic E-state index is 6.40. The molecule has 0 spiro atoms. The summed E-state index contributed by atoms with van der Waals surface area (Å²) in [7, 11) is -1.22. The predicted molar refractivity (Wildman–Crippen MR) is 79.6 cm³/mol. The maximum Gasteiger partial charge on any atom is 0.531 e. The summed E-state index contributed by atoms with van der Waals surface area (Å²) in [6, 6.07) is 0. The Balaban J connectivity index is 2.93. The minimum atomic E-state index is -2.91. The third kappa shape index (κ3) is 4.02. The predicted octanol–water partition coefficient (Wildman–Crippen LogP) is 2.55. The summed E-state index contributed by atoms with van der Waals surface area (Å²) in [5.41, 5.74) is -0.581. The van der Waals surface area contributed by atoms with E-state index in [2.05, 4.69) is 6.92 Å². The molecule has 120 valence electrons. The van der Waals surface area contributed by atoms with Crippen LogP contribution in [-0.4, -0.2) is 53.2 Å². The van der Waals surface area contributed by atoms with E-state index < -0.39 is 14.4 Å². The van der Waals surface area contributed by atoms with Gasteiger partial charge in [-0.2, -0.15) is 0 Å². The minimum Gasteiger partial charge on any atom is -0.377 e. The molecule has 0 amide bonds. The third-order valence-electron chi connectivity index (χ3n) is 3.62. The first-order chi connectivity index (χ1) is 9.45. The Labute approximate surface area is 124 Å². The molecule has 20 heavy (non-hydrogen) atoms. The van der Waals surface area contributed by atoms with Gasteiger partial charge in [-0.15, -0.1) is 0 Å². The van der Waals surface area contributed by atoms with Gasteiger partial charge in [0.1, 0.15) is 5.73 Å². The first-order valence-corrected chi connectivity index (χ1v) is 9.38. The smallest absolute Gasteiger partial charge is 0.377 e. The van der Waals surface area contributed by atoms with Crippen molar-refractivity contribution in [2.75, 3.05) is 26.9 Å². The largest absolute Gasteiger partial charge is 0.531 e. The van der Waals surface area contributed by atoms with Gasteiger partial charge in [-0.3, -0.25) is 0 Å². The Morgan fingerprint density at radius 3 is 2.05 bits per heavy atom. The average Bonchev–Trinajstić information content (AvgIpc) is 2.27. The van der Waals surface area contributed by atoms with Crippen molar-refractivity contribution in [2.45, 2.75) is 64.9 Å². The quantitative estimate of drug-likeness (QED) is 0.580. The van der Waals surface area contributed by atoms with Crippen LogP contribution < -0.4 is 0 Å². The highest BCUT2D eigenvalue weighted by Gasteiger charge is 2.55. The van der Waals surface area contributed by atoms with Gasteiger partial charge in [0.2, 0.25) is 0 Å². The zero-order chi connectivity index (χ0) is 15.2. The zero-order valence-electron chi connectivity index (χ0n) is 13.7. The molecule has 2 unspecified atom stereocenters. The highest BCUT2D eigenvalue weighted by atomic mass is 28.4. The zero-order valence-corrected chi connectivity index (χ0v) is 14.7. The van der Waals surface area contributed by atoms with E-state index in [1.165, 1.54) is 0 Å². The summed E-state index contributed by atoms with van der Waals surface area (Å²) in [5.74, 6) is 0. The molecule has 0 saturated carbocycles. The number of rotatable bonds is 10. The van der Waals surface area contributed by atoms with Crippen LogP contribution in [0.2, 0.25) is 0 Å². The number of methoxy groups -OCH3 is 1. The maximum atomic E-state index is 6.40. The SMILES string of the molecule is CCO[Si](OCC)(OC(C)(C)C1CCO1)C(CC)OC. The van der Waals surface area contributed by atoms with Gasteiger partial charge in [0, 0.05) is 26.9 Å². The molecule has 1 saturated heterocycles. The van der Waals surface area contributed by atoms with E-state index in [1.54, 1.807) is 7.11 Å². The second-order valence-corrected chi connectivity index (χ2v) is 8.09. The van der Waals surface area contributed by atoms with E-state index in [9.17, 15) is 0 Å². The van der Waals surface area contributed by atoms with E-state index in [0.29, 0.717) is 13.2 Å². The molecule has 0 aliphatic carbocycles. The second kappa shape index (κ2) is 7.86. The van der Waals surface area contributed by atoms with Gasteiger partial charge in [-0.05, 0) is 40.5 Å². The molecule has 0 aromatic carbocycles. The summed E-state index contributed by atoms with van der Waals surface area (Å²) < 4.78 is 29.5. The van der Waals surface area contributed by atoms with Crippen molar-refractivity contribution in [1.29, 1.82) is 0 Å². The summed E-state index contributed by atoms with van der Waals surface area (Å²) in [5, 5.41) is 0. The second-order valence-electron chi connectivity index (χ2n) is 5.46. The van der Waals surface area contributed by atoms with E-state index in [4.69, 9.17) is 22.8 Å². The lowest BCUT2D eigenvalue weighted by Crippen LogP contribution is -2.63. The van der Waals surface area contributed by atoms with Crippen LogP contribution in [0.25, 0.3) is 0 Å². The molecule has 1 rings (SSSR count). The molecule has 1 fully saturated rings. The van der Waals surface area contributed by atoms with Crippen molar-refractivity contribution in [3.8, 4) is 0 Å². The van der Waals surface area contributed by atoms with Crippen molar-refractivity contribution >= 4 is 8.80 Å². The lowest BCUT2D eigenvalue weighted by atomic mass is 9.96. The van der Waals surface area contributed by atoms with Crippen molar-refractivity contribution in [3.05, 3.63) is 0 Å². The van der Waals surface area contributed by atoms with Crippen molar-refractivity contribution in [3.63, 3.8) is 0 Å². The Kier molecular flexibility index (Phi) is 7.10. The molecular formula is C14H30O5Si. The van der Waals surface area contributed by atoms with Gasteiger partial charge in [0.05, 0.1) is 11.7 Å². The Hall–Kier alpha value is 0.0169. The summed E-state index contributed by atoms with van der Waals surface area (Å²) in [6.07, 6.45) is 1.91. The fourth-order valence-electron chi connectivity index (χ4n) is 2.53. The molecule has 0 radical (unpaired) electrons. The van der Waals surface area contributed by atoms with Gasteiger partial charge in [-0.1, -0.05) is 6.92 Å². The van der Waals surface area contributed by atoms with Crippen molar-refractivity contribution in [2.24, 2.45) is 0 Å². The van der Waals surface area contributed by atoms with Crippen LogP contribution in [0.4, 0.5) is 0 Å². The number of hydrogen-bond acceptors (Lipinski definition) is 5. The van der Waals surface area contributed by atoms with Crippen LogP contribution in [-0.2, 0) is 22.8 Å². The van der Waals surface area contributed by atoms with Crippen LogP contribution in [0.15, 0.2) is 0 Å². The molecule has 0 bridgehead atoms. The monoisotopic (exact) mass is 306 g/mol. The molecule has 1 aliphatic heterocycles. The fraction of sp³-hybridized carbons (Fsp3) is 1.00. The highest BCUT2D eigenvalue weighted by molar-refractivity contribution is 6.62. The molecule has 0 N–H and O–H groups in total. The first kappa shape index (κ1) is 18.1. The van der Waals surface area contributed by atoms with Crippen LogP contribution in [0.3, 0.4) is 0 Å². The third-order valence-corrected chi connectivity index (χ3v) is 7.25. The lowest BCUT2D eigenvalue weighted by molar-refractivity contribution is -0.169. The number of ether oxygens (including phenoxy) is 2. The Morgan fingerprint density at radius 2 is 1.75 bits per heavy atom. The molecule has 0 aromatic heterocycles. The molecule has 6 heteroatoms. The highest BCUT2D eigenvalue weighted by Crippen LogP contribution is 2.33. The van der Waals surface area contributed by atoms with E-state index >= 15 is 0 Å². The van der Waals surface area contributed by atoms with Gasteiger partial charge in [0.25, 0.3) is 0 Å². The minimum absolute atomic E-state index is 0.102. The van der Waals surface area contributed by atoms with E-state index in [1.807, 2.05) is 27.7 Å². The van der Waals surface area contributed by atoms with Gasteiger partial charge >= 0.3 is 8.80 Å². The average molecular weight is 306 g/mol. The summed E-state index contributed by atoms with van der Waals surface area (Å²) in [4.78, 5) is 0. The topological polar surface area (TPSA) is 46.2 Å². The van der Waals surface area contributed by atoms with E-state index in [-0.39, 0.29) is 11.8 Å². The van der Waals surface area contributed by atoms with Crippen molar-refractivity contribution in [1.82, 2.24) is 0 Å². The van der Waals surface area contributed by atoms with E-state index in [0.717, 1.165) is 19.4 Å². The molecule has 0 aromatic rings. The number of hydrogen-bond donors (Lipinski definition) is 0. The van der Waals surface area contributed by atoms with Gasteiger partial charge in [0.15, 0.2) is 0 Å². The van der Waals surface area contributed by atoms with Crippen LogP contribution in [0.1, 0.15) is 47.5 Å². The Bertz CT molecular complexity index is 271. The lowest BCUT2D eigenvalue weighted by Gasteiger charge is -2.46. The normalized spacial score (nSPS) is 21.6. The molecular weight excluding hydrogens is 276 g/mol. The molecule has 1 aliphatic rings. The van der Waals surface area contributed by atoms with Crippen molar-refractivity contribution < 1.29 is 22.8 Å². The Morgan fingerprint density at radius 1 is 1.20 bits per heavy atom. The molecule has 2 atom stereocenters. The van der Waals surface area contributed by atoms with Crippen LogP contribution in [0, 0.1) is 0 Å². The van der Waals surface area contributed by atoms with Gasteiger partial charge in [-0.25, -0.2) is 0 Å². The van der Waals surface area contributed by atoms with Gasteiger partial charge < -0.3 is 22.8 Å². The standard InChI is InChI=1S/C14H30O5Si/c1-7-13(15-6)20(17-8-2,18-9-3)19-14(4,5)12-10-11-16-12/h12-13H,7-11H2,1-6H3.